The summed E-state index contributed by atoms with van der Waals surface area (Å²) in [7, 11) is 0. The average molecular weight is 357 g/mol. The minimum absolute atomic E-state index is 0.627. The Hall–Kier alpha value is -1.62. The van der Waals surface area contributed by atoms with Gasteiger partial charge < -0.3 is 9.09 Å². The molecule has 5 heteroatoms. The highest BCUT2D eigenvalue weighted by Gasteiger charge is 2.25. The molecule has 0 N–H and O–H groups in total. The van der Waals surface area contributed by atoms with Crippen molar-refractivity contribution in [2.24, 2.45) is 0 Å². The van der Waals surface area contributed by atoms with Crippen LogP contribution in [0.5, 0.6) is 0 Å². The van der Waals surface area contributed by atoms with Crippen LogP contribution in [0.15, 0.2) is 23.0 Å². The Morgan fingerprint density at radius 2 is 1.96 bits per heavy atom. The molecule has 1 saturated heterocycles. The van der Waals surface area contributed by atoms with E-state index in [0.717, 1.165) is 24.7 Å². The molecule has 3 heterocycles. The Balaban J connectivity index is 1.36. The summed E-state index contributed by atoms with van der Waals surface area (Å²) in [6.45, 7) is 5.22. The quantitative estimate of drug-likeness (QED) is 0.754. The zero-order valence-electron chi connectivity index (χ0n) is 16.1. The number of hydrogen-bond donors (Lipinski definition) is 0. The van der Waals surface area contributed by atoms with Crippen molar-refractivity contribution in [3.8, 4) is 0 Å². The Morgan fingerprint density at radius 1 is 1.12 bits per heavy atom. The first-order valence-electron chi connectivity index (χ1n) is 10.5. The van der Waals surface area contributed by atoms with E-state index in [1.165, 1.54) is 70.0 Å². The first-order chi connectivity index (χ1) is 12.8. The summed E-state index contributed by atoms with van der Waals surface area (Å²) in [5.41, 5.74) is 1.20. The van der Waals surface area contributed by atoms with E-state index < -0.39 is 0 Å². The number of aromatic nitrogens is 3. The van der Waals surface area contributed by atoms with Crippen molar-refractivity contribution >= 4 is 0 Å². The summed E-state index contributed by atoms with van der Waals surface area (Å²) in [6.07, 6.45) is 15.7. The highest BCUT2D eigenvalue weighted by atomic mass is 16.5. The van der Waals surface area contributed by atoms with E-state index in [4.69, 9.17) is 4.52 Å². The number of nitrogens with zero attached hydrogens (tertiary/aromatic N) is 4. The summed E-state index contributed by atoms with van der Waals surface area (Å²) in [4.78, 5) is 6.95. The lowest BCUT2D eigenvalue weighted by molar-refractivity contribution is 0.115. The molecule has 0 aromatic carbocycles. The molecule has 1 aliphatic carbocycles. The molecular weight excluding hydrogens is 324 g/mol. The first-order valence-corrected chi connectivity index (χ1v) is 10.5. The predicted molar refractivity (Wildman–Crippen MR) is 102 cm³/mol. The van der Waals surface area contributed by atoms with Gasteiger partial charge in [0.05, 0.1) is 12.2 Å². The fourth-order valence-corrected chi connectivity index (χ4v) is 4.72. The lowest BCUT2D eigenvalue weighted by Gasteiger charge is -2.35. The second-order valence-electron chi connectivity index (χ2n) is 8.13. The molecule has 5 nitrogen and oxygen atoms in total. The molecule has 0 spiro atoms. The number of hydrogen-bond acceptors (Lipinski definition) is 4. The van der Waals surface area contributed by atoms with Crippen LogP contribution in [-0.2, 0) is 13.1 Å². The van der Waals surface area contributed by atoms with Crippen molar-refractivity contribution in [2.45, 2.75) is 89.8 Å². The molecule has 0 amide bonds. The zero-order chi connectivity index (χ0) is 17.8. The van der Waals surface area contributed by atoms with Gasteiger partial charge in [0.15, 0.2) is 5.76 Å². The van der Waals surface area contributed by atoms with Crippen molar-refractivity contribution in [2.75, 3.05) is 6.54 Å². The van der Waals surface area contributed by atoms with Crippen molar-refractivity contribution in [1.29, 1.82) is 0 Å². The summed E-state index contributed by atoms with van der Waals surface area (Å²) in [5.74, 6) is 2.79. The first kappa shape index (κ1) is 17.8. The minimum atomic E-state index is 0.627. The second-order valence-corrected chi connectivity index (χ2v) is 8.13. The lowest BCUT2D eigenvalue weighted by Crippen LogP contribution is -2.39. The molecule has 2 aliphatic rings. The number of likely N-dealkylation sites (tertiary alicyclic amines) is 1. The average Bonchev–Trinajstić information content (AvgIpc) is 3.31. The summed E-state index contributed by atoms with van der Waals surface area (Å²) < 4.78 is 8.00. The van der Waals surface area contributed by atoms with Crippen molar-refractivity contribution in [3.63, 3.8) is 0 Å². The van der Waals surface area contributed by atoms with E-state index in [0.29, 0.717) is 12.0 Å². The van der Waals surface area contributed by atoms with Gasteiger partial charge in [-0.25, -0.2) is 4.98 Å². The van der Waals surface area contributed by atoms with Crippen LogP contribution < -0.4 is 0 Å². The molecular formula is C21H32N4O. The van der Waals surface area contributed by atoms with Gasteiger partial charge in [-0.2, -0.15) is 0 Å². The third-order valence-electron chi connectivity index (χ3n) is 6.34. The molecule has 26 heavy (non-hydrogen) atoms. The van der Waals surface area contributed by atoms with Gasteiger partial charge in [-0.15, -0.1) is 0 Å². The Morgan fingerprint density at radius 3 is 2.77 bits per heavy atom. The smallest absolute Gasteiger partial charge is 0.150 e. The molecule has 1 atom stereocenters. The van der Waals surface area contributed by atoms with E-state index in [2.05, 4.69) is 38.8 Å². The molecule has 4 rings (SSSR count). The maximum Gasteiger partial charge on any atom is 0.150 e. The van der Waals surface area contributed by atoms with Gasteiger partial charge in [0, 0.05) is 37.0 Å². The van der Waals surface area contributed by atoms with Crippen LogP contribution in [0.1, 0.15) is 81.0 Å². The van der Waals surface area contributed by atoms with Gasteiger partial charge in [-0.1, -0.05) is 30.8 Å². The summed E-state index contributed by atoms with van der Waals surface area (Å²) >= 11 is 0. The van der Waals surface area contributed by atoms with Crippen LogP contribution in [0.25, 0.3) is 0 Å². The van der Waals surface area contributed by atoms with Crippen LogP contribution in [-0.4, -0.2) is 32.2 Å². The normalized spacial score (nSPS) is 22.7. The van der Waals surface area contributed by atoms with Crippen LogP contribution >= 0.6 is 0 Å². The number of aryl methyl sites for hydroxylation is 2. The van der Waals surface area contributed by atoms with Crippen molar-refractivity contribution in [1.82, 2.24) is 19.6 Å². The molecule has 0 bridgehead atoms. The highest BCUT2D eigenvalue weighted by Crippen LogP contribution is 2.32. The molecule has 2 aromatic rings. The molecule has 0 unspecified atom stereocenters. The Labute approximate surface area is 156 Å². The van der Waals surface area contributed by atoms with E-state index in [1.54, 1.807) is 0 Å². The Bertz CT molecular complexity index is 686. The van der Waals surface area contributed by atoms with E-state index in [-0.39, 0.29) is 0 Å². The number of imidazole rings is 1. The van der Waals surface area contributed by atoms with Crippen LogP contribution in [0.3, 0.4) is 0 Å². The highest BCUT2D eigenvalue weighted by molar-refractivity contribution is 5.11. The summed E-state index contributed by atoms with van der Waals surface area (Å²) in [6, 6.07) is 2.87. The third-order valence-corrected chi connectivity index (χ3v) is 6.34. The van der Waals surface area contributed by atoms with E-state index in [9.17, 15) is 0 Å². The van der Waals surface area contributed by atoms with Gasteiger partial charge in [0.1, 0.15) is 5.82 Å². The molecule has 1 aliphatic heterocycles. The zero-order valence-corrected chi connectivity index (χ0v) is 16.1. The van der Waals surface area contributed by atoms with E-state index in [1.807, 2.05) is 6.20 Å². The maximum absolute atomic E-state index is 5.73. The number of piperidine rings is 1. The predicted octanol–water partition coefficient (Wildman–Crippen LogP) is 4.67. The third kappa shape index (κ3) is 4.20. The van der Waals surface area contributed by atoms with Gasteiger partial charge in [0.25, 0.3) is 0 Å². The molecule has 2 fully saturated rings. The van der Waals surface area contributed by atoms with Crippen LogP contribution in [0.4, 0.5) is 0 Å². The van der Waals surface area contributed by atoms with Crippen molar-refractivity contribution < 1.29 is 4.52 Å². The molecule has 1 saturated carbocycles. The van der Waals surface area contributed by atoms with Gasteiger partial charge in [-0.05, 0) is 45.6 Å². The van der Waals surface area contributed by atoms with Gasteiger partial charge in [-0.3, -0.25) is 4.90 Å². The fraction of sp³-hybridized carbons (Fsp3) is 0.714. The van der Waals surface area contributed by atoms with Crippen LogP contribution in [0, 0.1) is 6.92 Å². The van der Waals surface area contributed by atoms with E-state index >= 15 is 0 Å². The molecule has 142 valence electrons. The van der Waals surface area contributed by atoms with Crippen LogP contribution in [0.2, 0.25) is 0 Å². The Kier molecular flexibility index (Phi) is 5.73. The van der Waals surface area contributed by atoms with Gasteiger partial charge >= 0.3 is 0 Å². The fourth-order valence-electron chi connectivity index (χ4n) is 4.72. The maximum atomic E-state index is 5.73. The molecule has 2 aromatic heterocycles. The molecule has 0 radical (unpaired) electrons. The topological polar surface area (TPSA) is 47.1 Å². The standard InChI is InChI=1S/C21H32N4O/c1-17-22-11-14-24(17)13-10-19-9-5-6-12-25(19)16-20-15-21(23-26-20)18-7-3-2-4-8-18/h11,14-15,18-19H,2-10,12-13,16H2,1H3/t19-/m1/s1. The SMILES string of the molecule is Cc1nccn1CC[C@H]1CCCCN1Cc1cc(C2CCCCC2)no1. The lowest BCUT2D eigenvalue weighted by atomic mass is 9.87. The second kappa shape index (κ2) is 8.38. The summed E-state index contributed by atoms with van der Waals surface area (Å²) in [5, 5.41) is 4.41. The van der Waals surface area contributed by atoms with Gasteiger partial charge in [0.2, 0.25) is 0 Å². The minimum Gasteiger partial charge on any atom is -0.360 e. The largest absolute Gasteiger partial charge is 0.360 e. The van der Waals surface area contributed by atoms with Crippen molar-refractivity contribution in [3.05, 3.63) is 35.7 Å². The monoisotopic (exact) mass is 356 g/mol. The number of rotatable bonds is 6.